The molecule has 0 spiro atoms. The number of rotatable bonds is 6. The minimum absolute atomic E-state index is 0.167. The van der Waals surface area contributed by atoms with Crippen LogP contribution in [0.1, 0.15) is 31.4 Å². The Balaban J connectivity index is 1.46. The van der Waals surface area contributed by atoms with Crippen molar-refractivity contribution in [3.63, 3.8) is 0 Å². The van der Waals surface area contributed by atoms with E-state index < -0.39 is 17.7 Å². The van der Waals surface area contributed by atoms with E-state index >= 15 is 0 Å². The fourth-order valence-corrected chi connectivity index (χ4v) is 3.14. The molecule has 29 heavy (non-hydrogen) atoms. The van der Waals surface area contributed by atoms with Crippen molar-refractivity contribution in [2.75, 3.05) is 11.9 Å². The van der Waals surface area contributed by atoms with Gasteiger partial charge in [0, 0.05) is 0 Å². The molecule has 0 radical (unpaired) electrons. The van der Waals surface area contributed by atoms with Crippen molar-refractivity contribution in [3.05, 3.63) is 70.5 Å². The van der Waals surface area contributed by atoms with E-state index in [4.69, 9.17) is 9.15 Å². The second kappa shape index (κ2) is 9.07. The first-order valence-corrected chi connectivity index (χ1v) is 9.48. The van der Waals surface area contributed by atoms with Crippen LogP contribution in [0, 0.1) is 13.8 Å². The molecule has 0 aliphatic heterocycles. The van der Waals surface area contributed by atoms with Crippen LogP contribution in [0.15, 0.2) is 53.1 Å². The fourth-order valence-electron chi connectivity index (χ4n) is 2.34. The van der Waals surface area contributed by atoms with Crippen LogP contribution in [-0.4, -0.2) is 24.3 Å². The number of aryl methyl sites for hydroxylation is 2. The molecule has 0 fully saturated rings. The lowest BCUT2D eigenvalue weighted by Gasteiger charge is -2.10. The van der Waals surface area contributed by atoms with Crippen LogP contribution >= 0.6 is 11.3 Å². The van der Waals surface area contributed by atoms with Crippen molar-refractivity contribution in [2.24, 2.45) is 0 Å². The maximum Gasteiger partial charge on any atom is 0.291 e. The number of carbonyl (C=O) groups is 3. The van der Waals surface area contributed by atoms with E-state index in [1.807, 2.05) is 32.0 Å². The molecule has 0 saturated carbocycles. The summed E-state index contributed by atoms with van der Waals surface area (Å²) in [5, 5.41) is 3.10. The molecule has 0 aliphatic rings. The number of anilines is 1. The molecule has 0 bridgehead atoms. The van der Waals surface area contributed by atoms with E-state index in [0.717, 1.165) is 22.5 Å². The Morgan fingerprint density at radius 3 is 2.62 bits per heavy atom. The molecule has 0 unspecified atom stereocenters. The molecule has 2 aromatic heterocycles. The molecule has 0 aliphatic carbocycles. The highest BCUT2D eigenvalue weighted by atomic mass is 32.1. The summed E-state index contributed by atoms with van der Waals surface area (Å²) < 4.78 is 10.5. The summed E-state index contributed by atoms with van der Waals surface area (Å²) in [6.45, 7) is 3.58. The SMILES string of the molecule is Cc1ccc(C)c(OCC(=O)NNC(=O)c2ccc(NC(=O)c3ccco3)s2)c1. The number of hydrogen-bond acceptors (Lipinski definition) is 6. The van der Waals surface area contributed by atoms with E-state index in [9.17, 15) is 14.4 Å². The molecule has 2 heterocycles. The Labute approximate surface area is 170 Å². The Bertz CT molecular complexity index is 1030. The summed E-state index contributed by atoms with van der Waals surface area (Å²) in [5.41, 5.74) is 6.55. The van der Waals surface area contributed by atoms with E-state index in [1.165, 1.54) is 18.4 Å². The van der Waals surface area contributed by atoms with Crippen LogP contribution < -0.4 is 20.9 Å². The molecular weight excluding hydrogens is 394 g/mol. The lowest BCUT2D eigenvalue weighted by atomic mass is 10.1. The van der Waals surface area contributed by atoms with E-state index in [1.54, 1.807) is 12.1 Å². The third-order valence-corrected chi connectivity index (χ3v) is 4.83. The van der Waals surface area contributed by atoms with Gasteiger partial charge in [-0.2, -0.15) is 0 Å². The summed E-state index contributed by atoms with van der Waals surface area (Å²) in [6, 6.07) is 12.0. The molecular formula is C20H19N3O5S. The van der Waals surface area contributed by atoms with Gasteiger partial charge in [-0.25, -0.2) is 0 Å². The molecule has 3 aromatic rings. The van der Waals surface area contributed by atoms with Crippen LogP contribution in [0.5, 0.6) is 5.75 Å². The van der Waals surface area contributed by atoms with Crippen molar-refractivity contribution in [3.8, 4) is 5.75 Å². The summed E-state index contributed by atoms with van der Waals surface area (Å²) >= 11 is 1.06. The average Bonchev–Trinajstić information content (AvgIpc) is 3.39. The predicted octanol–water partition coefficient (Wildman–Crippen LogP) is 3.05. The number of hydrazine groups is 1. The standard InChI is InChI=1S/C20H19N3O5S/c1-12-5-6-13(2)15(10-12)28-11-17(24)22-23-20(26)16-7-8-18(29-16)21-19(25)14-4-3-9-27-14/h3-10H,11H2,1-2H3,(H,21,25)(H,22,24)(H,23,26). The number of ether oxygens (including phenoxy) is 1. The third-order valence-electron chi connectivity index (χ3n) is 3.83. The van der Waals surface area contributed by atoms with Gasteiger partial charge in [0.05, 0.1) is 16.1 Å². The lowest BCUT2D eigenvalue weighted by Crippen LogP contribution is -2.43. The van der Waals surface area contributed by atoms with Crippen LogP contribution in [0.25, 0.3) is 0 Å². The van der Waals surface area contributed by atoms with Gasteiger partial charge >= 0.3 is 0 Å². The number of furan rings is 1. The molecule has 8 nitrogen and oxygen atoms in total. The first kappa shape index (κ1) is 20.2. The van der Waals surface area contributed by atoms with Gasteiger partial charge in [-0.15, -0.1) is 11.3 Å². The van der Waals surface area contributed by atoms with Gasteiger partial charge in [-0.05, 0) is 55.3 Å². The van der Waals surface area contributed by atoms with Crippen LogP contribution in [0.2, 0.25) is 0 Å². The van der Waals surface area contributed by atoms with Gasteiger partial charge in [-0.3, -0.25) is 25.2 Å². The highest BCUT2D eigenvalue weighted by molar-refractivity contribution is 7.18. The Hall–Kier alpha value is -3.59. The Kier molecular flexibility index (Phi) is 6.30. The predicted molar refractivity (Wildman–Crippen MR) is 108 cm³/mol. The summed E-state index contributed by atoms with van der Waals surface area (Å²) in [6.07, 6.45) is 1.40. The van der Waals surface area contributed by atoms with Crippen molar-refractivity contribution in [2.45, 2.75) is 13.8 Å². The van der Waals surface area contributed by atoms with Crippen LogP contribution in [-0.2, 0) is 4.79 Å². The molecule has 0 atom stereocenters. The maximum atomic E-state index is 12.2. The molecule has 3 amide bonds. The van der Waals surface area contributed by atoms with Gasteiger partial charge in [-0.1, -0.05) is 12.1 Å². The molecule has 9 heteroatoms. The van der Waals surface area contributed by atoms with Crippen LogP contribution in [0.4, 0.5) is 5.00 Å². The van der Waals surface area contributed by atoms with Crippen molar-refractivity contribution < 1.29 is 23.5 Å². The second-order valence-electron chi connectivity index (χ2n) is 6.16. The lowest BCUT2D eigenvalue weighted by molar-refractivity contribution is -0.123. The van der Waals surface area contributed by atoms with Gasteiger partial charge in [0.2, 0.25) is 0 Å². The normalized spacial score (nSPS) is 10.3. The first-order chi connectivity index (χ1) is 13.9. The number of benzene rings is 1. The second-order valence-corrected chi connectivity index (χ2v) is 7.24. The topological polar surface area (TPSA) is 110 Å². The zero-order chi connectivity index (χ0) is 20.8. The van der Waals surface area contributed by atoms with Gasteiger partial charge in [0.1, 0.15) is 5.75 Å². The summed E-state index contributed by atoms with van der Waals surface area (Å²) in [7, 11) is 0. The van der Waals surface area contributed by atoms with Gasteiger partial charge in [0.25, 0.3) is 17.7 Å². The molecule has 0 saturated heterocycles. The maximum absolute atomic E-state index is 12.2. The Morgan fingerprint density at radius 2 is 1.86 bits per heavy atom. The summed E-state index contributed by atoms with van der Waals surface area (Å²) in [4.78, 5) is 36.3. The van der Waals surface area contributed by atoms with E-state index in [-0.39, 0.29) is 12.4 Å². The number of thiophene rings is 1. The van der Waals surface area contributed by atoms with Crippen LogP contribution in [0.3, 0.4) is 0 Å². The zero-order valence-electron chi connectivity index (χ0n) is 15.8. The quantitative estimate of drug-likeness (QED) is 0.538. The number of nitrogens with one attached hydrogen (secondary N) is 3. The minimum atomic E-state index is -0.506. The van der Waals surface area contributed by atoms with Gasteiger partial charge < -0.3 is 14.5 Å². The van der Waals surface area contributed by atoms with Crippen molar-refractivity contribution in [1.82, 2.24) is 10.9 Å². The number of hydrogen-bond donors (Lipinski definition) is 3. The highest BCUT2D eigenvalue weighted by Gasteiger charge is 2.14. The van der Waals surface area contributed by atoms with E-state index in [2.05, 4.69) is 16.2 Å². The monoisotopic (exact) mass is 413 g/mol. The number of carbonyl (C=O) groups excluding carboxylic acids is 3. The highest BCUT2D eigenvalue weighted by Crippen LogP contribution is 2.22. The molecule has 1 aromatic carbocycles. The molecule has 3 rings (SSSR count). The smallest absolute Gasteiger partial charge is 0.291 e. The van der Waals surface area contributed by atoms with Crippen molar-refractivity contribution >= 4 is 34.1 Å². The summed E-state index contributed by atoms with van der Waals surface area (Å²) in [5.74, 6) is -0.640. The minimum Gasteiger partial charge on any atom is -0.483 e. The fraction of sp³-hybridized carbons (Fsp3) is 0.150. The Morgan fingerprint density at radius 1 is 1.03 bits per heavy atom. The average molecular weight is 413 g/mol. The van der Waals surface area contributed by atoms with Gasteiger partial charge in [0.15, 0.2) is 12.4 Å². The first-order valence-electron chi connectivity index (χ1n) is 8.66. The third kappa shape index (κ3) is 5.45. The zero-order valence-corrected chi connectivity index (χ0v) is 16.6. The largest absolute Gasteiger partial charge is 0.483 e. The van der Waals surface area contributed by atoms with E-state index in [0.29, 0.717) is 15.6 Å². The van der Waals surface area contributed by atoms with Crippen molar-refractivity contribution in [1.29, 1.82) is 0 Å². The number of amides is 3. The molecule has 150 valence electrons. The molecule has 3 N–H and O–H groups in total.